The van der Waals surface area contributed by atoms with Crippen LogP contribution < -0.4 is 5.73 Å². The molecule has 4 nitrogen and oxygen atoms in total. The summed E-state index contributed by atoms with van der Waals surface area (Å²) in [6, 6.07) is 4.19. The summed E-state index contributed by atoms with van der Waals surface area (Å²) in [6.07, 6.45) is 0. The van der Waals surface area contributed by atoms with Gasteiger partial charge >= 0.3 is 0 Å². The zero-order valence-corrected chi connectivity index (χ0v) is 12.4. The molecule has 1 aliphatic rings. The molecule has 2 rings (SSSR count). The van der Waals surface area contributed by atoms with Crippen molar-refractivity contribution in [3.05, 3.63) is 35.1 Å². The maximum absolute atomic E-state index is 13.5. The smallest absolute Gasteiger partial charge is 0.255 e. The first-order valence-corrected chi connectivity index (χ1v) is 7.01. The van der Waals surface area contributed by atoms with Gasteiger partial charge in [0.15, 0.2) is 0 Å². The minimum Gasteiger partial charge on any atom is -0.333 e. The second-order valence-corrected chi connectivity index (χ2v) is 5.31. The van der Waals surface area contributed by atoms with Crippen LogP contribution in [0.1, 0.15) is 22.8 Å². The third kappa shape index (κ3) is 3.60. The average Bonchev–Trinajstić information content (AvgIpc) is 2.45. The molecule has 0 spiro atoms. The Balaban J connectivity index is 2.32. The van der Waals surface area contributed by atoms with Gasteiger partial charge in [0, 0.05) is 31.2 Å². The molecule has 1 fully saturated rings. The normalized spacial score (nSPS) is 19.0. The molecule has 0 bridgehead atoms. The maximum atomic E-state index is 13.5. The Hall–Kier alpha value is -1.90. The number of nitrogens with zero attached hydrogens (tertiary/aromatic N) is 2. The lowest BCUT2D eigenvalue weighted by molar-refractivity contribution is 0.0533. The molecular formula is C16H20FN3O. The Morgan fingerprint density at radius 3 is 2.90 bits per heavy atom. The molecule has 5 heteroatoms. The molecule has 0 aromatic heterocycles. The van der Waals surface area contributed by atoms with E-state index in [4.69, 9.17) is 5.73 Å². The van der Waals surface area contributed by atoms with E-state index >= 15 is 0 Å². The summed E-state index contributed by atoms with van der Waals surface area (Å²) in [5.41, 5.74) is 6.20. The van der Waals surface area contributed by atoms with Crippen molar-refractivity contribution >= 4 is 5.91 Å². The molecule has 1 heterocycles. The third-order valence-electron chi connectivity index (χ3n) is 3.63. The van der Waals surface area contributed by atoms with Crippen LogP contribution in [-0.2, 0) is 0 Å². The van der Waals surface area contributed by atoms with E-state index in [0.717, 1.165) is 13.1 Å². The minimum absolute atomic E-state index is 0.0924. The van der Waals surface area contributed by atoms with Crippen LogP contribution in [0.15, 0.2) is 18.2 Å². The molecule has 1 unspecified atom stereocenters. The molecule has 1 saturated heterocycles. The van der Waals surface area contributed by atoms with Gasteiger partial charge in [-0.3, -0.25) is 4.79 Å². The monoisotopic (exact) mass is 289 g/mol. The first-order valence-electron chi connectivity index (χ1n) is 7.01. The fourth-order valence-electron chi connectivity index (χ4n) is 2.54. The molecule has 1 aromatic carbocycles. The standard InChI is InChI=1S/C16H20FN3O/c1-12-11-19(2)8-9-20(12)16(21)15-10-14(17)6-5-13(15)4-3-7-18/h5-6,10,12H,7-9,11,18H2,1-2H3. The van der Waals surface area contributed by atoms with E-state index in [1.807, 2.05) is 14.0 Å². The van der Waals surface area contributed by atoms with Crippen LogP contribution in [0.2, 0.25) is 0 Å². The van der Waals surface area contributed by atoms with Gasteiger partial charge in [0.2, 0.25) is 0 Å². The molecule has 1 aromatic rings. The van der Waals surface area contributed by atoms with Crippen molar-refractivity contribution in [2.45, 2.75) is 13.0 Å². The van der Waals surface area contributed by atoms with Gasteiger partial charge in [-0.15, -0.1) is 0 Å². The van der Waals surface area contributed by atoms with Crippen LogP contribution in [0.4, 0.5) is 4.39 Å². The van der Waals surface area contributed by atoms with Crippen LogP contribution in [0.3, 0.4) is 0 Å². The van der Waals surface area contributed by atoms with E-state index in [0.29, 0.717) is 17.7 Å². The minimum atomic E-state index is -0.432. The second-order valence-electron chi connectivity index (χ2n) is 5.31. The Labute approximate surface area is 124 Å². The van der Waals surface area contributed by atoms with E-state index < -0.39 is 5.82 Å². The summed E-state index contributed by atoms with van der Waals surface area (Å²) in [7, 11) is 2.03. The van der Waals surface area contributed by atoms with E-state index in [1.165, 1.54) is 18.2 Å². The number of carbonyl (C=O) groups excluding carboxylic acids is 1. The maximum Gasteiger partial charge on any atom is 0.255 e. The lowest BCUT2D eigenvalue weighted by Gasteiger charge is -2.38. The second kappa shape index (κ2) is 6.70. The molecule has 0 radical (unpaired) electrons. The number of amides is 1. The number of hydrogen-bond donors (Lipinski definition) is 1. The SMILES string of the molecule is CC1CN(C)CCN1C(=O)c1cc(F)ccc1C#CCN. The van der Waals surface area contributed by atoms with Crippen LogP contribution in [0.25, 0.3) is 0 Å². The lowest BCUT2D eigenvalue weighted by atomic mass is 10.0. The zero-order valence-electron chi connectivity index (χ0n) is 12.4. The first-order chi connectivity index (χ1) is 10.0. The van der Waals surface area contributed by atoms with E-state index in [1.54, 1.807) is 4.90 Å². The van der Waals surface area contributed by atoms with E-state index in [-0.39, 0.29) is 18.5 Å². The molecule has 1 atom stereocenters. The zero-order chi connectivity index (χ0) is 15.4. The Kier molecular flexibility index (Phi) is 4.94. The van der Waals surface area contributed by atoms with Gasteiger partial charge in [0.1, 0.15) is 5.82 Å². The van der Waals surface area contributed by atoms with Gasteiger partial charge in [-0.2, -0.15) is 0 Å². The summed E-state index contributed by atoms with van der Waals surface area (Å²) < 4.78 is 13.5. The number of halogens is 1. The summed E-state index contributed by atoms with van der Waals surface area (Å²) in [5, 5.41) is 0. The molecule has 112 valence electrons. The number of carbonyl (C=O) groups is 1. The lowest BCUT2D eigenvalue weighted by Crippen LogP contribution is -2.52. The number of piperazine rings is 1. The molecule has 1 aliphatic heterocycles. The van der Waals surface area contributed by atoms with Gasteiger partial charge in [0.25, 0.3) is 5.91 Å². The topological polar surface area (TPSA) is 49.6 Å². The van der Waals surface area contributed by atoms with Crippen LogP contribution in [0.5, 0.6) is 0 Å². The summed E-state index contributed by atoms with van der Waals surface area (Å²) in [5.74, 6) is 4.96. The third-order valence-corrected chi connectivity index (χ3v) is 3.63. The Morgan fingerprint density at radius 1 is 1.48 bits per heavy atom. The highest BCUT2D eigenvalue weighted by molar-refractivity contribution is 5.97. The molecule has 0 saturated carbocycles. The quantitative estimate of drug-likeness (QED) is 0.782. The summed E-state index contributed by atoms with van der Waals surface area (Å²) >= 11 is 0. The van der Waals surface area contributed by atoms with Crippen molar-refractivity contribution < 1.29 is 9.18 Å². The van der Waals surface area contributed by atoms with Crippen molar-refractivity contribution in [1.82, 2.24) is 9.80 Å². The fraction of sp³-hybridized carbons (Fsp3) is 0.438. The average molecular weight is 289 g/mol. The van der Waals surface area contributed by atoms with Crippen molar-refractivity contribution in [2.75, 3.05) is 33.2 Å². The number of nitrogens with two attached hydrogens (primary N) is 1. The van der Waals surface area contributed by atoms with Gasteiger partial charge in [-0.1, -0.05) is 11.8 Å². The predicted molar refractivity (Wildman–Crippen MR) is 80.3 cm³/mol. The van der Waals surface area contributed by atoms with E-state index in [9.17, 15) is 9.18 Å². The molecule has 1 amide bonds. The van der Waals surface area contributed by atoms with Gasteiger partial charge in [0.05, 0.1) is 12.1 Å². The van der Waals surface area contributed by atoms with Crippen LogP contribution in [-0.4, -0.2) is 55.0 Å². The highest BCUT2D eigenvalue weighted by Gasteiger charge is 2.27. The first kappa shape index (κ1) is 15.5. The molecule has 21 heavy (non-hydrogen) atoms. The van der Waals surface area contributed by atoms with Crippen molar-refractivity contribution in [1.29, 1.82) is 0 Å². The van der Waals surface area contributed by atoms with Gasteiger partial charge in [-0.05, 0) is 32.2 Å². The van der Waals surface area contributed by atoms with Crippen molar-refractivity contribution in [2.24, 2.45) is 5.73 Å². The Bertz CT molecular complexity index is 591. The van der Waals surface area contributed by atoms with Gasteiger partial charge < -0.3 is 15.5 Å². The predicted octanol–water partition coefficient (Wildman–Crippen LogP) is 0.912. The van der Waals surface area contributed by atoms with Crippen molar-refractivity contribution in [3.8, 4) is 11.8 Å². The number of likely N-dealkylation sites (N-methyl/N-ethyl adjacent to an activating group) is 1. The van der Waals surface area contributed by atoms with Crippen LogP contribution in [0, 0.1) is 17.7 Å². The highest BCUT2D eigenvalue weighted by atomic mass is 19.1. The fourth-order valence-corrected chi connectivity index (χ4v) is 2.54. The van der Waals surface area contributed by atoms with Gasteiger partial charge in [-0.25, -0.2) is 4.39 Å². The highest BCUT2D eigenvalue weighted by Crippen LogP contribution is 2.17. The molecular weight excluding hydrogens is 269 g/mol. The number of benzene rings is 1. The van der Waals surface area contributed by atoms with Crippen LogP contribution >= 0.6 is 0 Å². The molecule has 2 N–H and O–H groups in total. The Morgan fingerprint density at radius 2 is 2.24 bits per heavy atom. The molecule has 0 aliphatic carbocycles. The largest absolute Gasteiger partial charge is 0.333 e. The van der Waals surface area contributed by atoms with E-state index in [2.05, 4.69) is 16.7 Å². The van der Waals surface area contributed by atoms with Crippen molar-refractivity contribution in [3.63, 3.8) is 0 Å². The summed E-state index contributed by atoms with van der Waals surface area (Å²) in [6.45, 7) is 4.46. The number of rotatable bonds is 1. The number of hydrogen-bond acceptors (Lipinski definition) is 3. The summed E-state index contributed by atoms with van der Waals surface area (Å²) in [4.78, 5) is 16.7.